The van der Waals surface area contributed by atoms with Crippen LogP contribution in [0.3, 0.4) is 0 Å². The molecule has 106 valence electrons. The van der Waals surface area contributed by atoms with Crippen molar-refractivity contribution in [1.29, 1.82) is 0 Å². The third-order valence-corrected chi connectivity index (χ3v) is 4.10. The molecule has 4 heteroatoms. The quantitative estimate of drug-likeness (QED) is 0.907. The monoisotopic (exact) mass is 266 g/mol. The van der Waals surface area contributed by atoms with E-state index in [1.807, 2.05) is 12.1 Å². The molecule has 19 heavy (non-hydrogen) atoms. The smallest absolute Gasteiger partial charge is 0.123 e. The number of benzene rings is 1. The third kappa shape index (κ3) is 3.45. The molecule has 3 nitrogen and oxygen atoms in total. The zero-order chi connectivity index (χ0) is 13.8. The van der Waals surface area contributed by atoms with E-state index in [0.717, 1.165) is 31.6 Å². The van der Waals surface area contributed by atoms with Gasteiger partial charge in [0.15, 0.2) is 0 Å². The Hall–Kier alpha value is -1.13. The van der Waals surface area contributed by atoms with Crippen molar-refractivity contribution in [1.82, 2.24) is 4.90 Å². The molecule has 1 saturated heterocycles. The molecule has 0 aliphatic carbocycles. The number of rotatable bonds is 3. The molecule has 1 aromatic carbocycles. The van der Waals surface area contributed by atoms with Crippen LogP contribution in [-0.2, 0) is 0 Å². The van der Waals surface area contributed by atoms with Gasteiger partial charge in [0.25, 0.3) is 0 Å². The minimum Gasteiger partial charge on any atom is -0.396 e. The fraction of sp³-hybridized carbons (Fsp3) is 0.600. The first-order chi connectivity index (χ1) is 9.11. The Labute approximate surface area is 114 Å². The Morgan fingerprint density at radius 2 is 2.00 bits per heavy atom. The molecule has 1 aliphatic heterocycles. The molecular formula is C15H23FN2O. The molecule has 0 aromatic heterocycles. The minimum atomic E-state index is -0.206. The first-order valence-electron chi connectivity index (χ1n) is 6.95. The van der Waals surface area contributed by atoms with E-state index in [1.54, 1.807) is 0 Å². The van der Waals surface area contributed by atoms with Crippen molar-refractivity contribution in [3.63, 3.8) is 0 Å². The average molecular weight is 266 g/mol. The largest absolute Gasteiger partial charge is 0.396 e. The molecule has 0 amide bonds. The van der Waals surface area contributed by atoms with Gasteiger partial charge in [-0.05, 0) is 51.1 Å². The van der Waals surface area contributed by atoms with Crippen LogP contribution in [-0.4, -0.2) is 48.8 Å². The average Bonchev–Trinajstić information content (AvgIpc) is 2.52. The van der Waals surface area contributed by atoms with E-state index in [0.29, 0.717) is 6.04 Å². The fourth-order valence-corrected chi connectivity index (χ4v) is 2.71. The zero-order valence-corrected chi connectivity index (χ0v) is 11.7. The van der Waals surface area contributed by atoms with Gasteiger partial charge in [0, 0.05) is 37.5 Å². The second kappa shape index (κ2) is 6.35. The second-order valence-electron chi connectivity index (χ2n) is 5.41. The fourth-order valence-electron chi connectivity index (χ4n) is 2.71. The summed E-state index contributed by atoms with van der Waals surface area (Å²) in [4.78, 5) is 4.64. The Morgan fingerprint density at radius 1 is 1.32 bits per heavy atom. The van der Waals surface area contributed by atoms with Gasteiger partial charge in [-0.15, -0.1) is 0 Å². The van der Waals surface area contributed by atoms with Gasteiger partial charge in [-0.25, -0.2) is 4.39 Å². The van der Waals surface area contributed by atoms with Crippen molar-refractivity contribution >= 4 is 5.69 Å². The summed E-state index contributed by atoms with van der Waals surface area (Å²) in [5.74, 6) is -0.206. The van der Waals surface area contributed by atoms with E-state index in [-0.39, 0.29) is 18.5 Å². The number of anilines is 1. The molecule has 1 heterocycles. The number of nitrogens with zero attached hydrogens (tertiary/aromatic N) is 2. The van der Waals surface area contributed by atoms with E-state index in [2.05, 4.69) is 23.8 Å². The van der Waals surface area contributed by atoms with Gasteiger partial charge < -0.3 is 14.9 Å². The maximum atomic E-state index is 13.0. The summed E-state index contributed by atoms with van der Waals surface area (Å²) in [6, 6.07) is 7.48. The van der Waals surface area contributed by atoms with Crippen molar-refractivity contribution in [2.45, 2.75) is 31.8 Å². The van der Waals surface area contributed by atoms with Crippen LogP contribution in [0.25, 0.3) is 0 Å². The Bertz CT molecular complexity index is 396. The van der Waals surface area contributed by atoms with Crippen molar-refractivity contribution in [2.24, 2.45) is 0 Å². The molecule has 1 aliphatic rings. The maximum Gasteiger partial charge on any atom is 0.123 e. The van der Waals surface area contributed by atoms with E-state index in [4.69, 9.17) is 0 Å². The molecule has 1 fully saturated rings. The number of aliphatic hydroxyl groups is 1. The van der Waals surface area contributed by atoms with Crippen LogP contribution in [0, 0.1) is 5.82 Å². The standard InChI is InChI=1S/C15H23FN2O/c1-12-7-9-18(14-5-3-13(16)4-6-14)15(8-10-19)11-17(12)2/h3-6,12,15,19H,7-11H2,1-2H3. The second-order valence-corrected chi connectivity index (χ2v) is 5.41. The SMILES string of the molecule is CC1CCN(c2ccc(F)cc2)C(CCO)CN1C. The van der Waals surface area contributed by atoms with Crippen molar-refractivity contribution < 1.29 is 9.50 Å². The highest BCUT2D eigenvalue weighted by atomic mass is 19.1. The lowest BCUT2D eigenvalue weighted by Crippen LogP contribution is -2.41. The lowest BCUT2D eigenvalue weighted by molar-refractivity contribution is 0.227. The molecule has 1 N–H and O–H groups in total. The molecule has 0 saturated carbocycles. The van der Waals surface area contributed by atoms with Crippen LogP contribution in [0.1, 0.15) is 19.8 Å². The predicted octanol–water partition coefficient (Wildman–Crippen LogP) is 2.11. The maximum absolute atomic E-state index is 13.0. The van der Waals surface area contributed by atoms with E-state index in [1.165, 1.54) is 12.1 Å². The highest BCUT2D eigenvalue weighted by Crippen LogP contribution is 2.24. The van der Waals surface area contributed by atoms with Crippen molar-refractivity contribution in [3.05, 3.63) is 30.1 Å². The van der Waals surface area contributed by atoms with Crippen LogP contribution >= 0.6 is 0 Å². The molecule has 2 rings (SSSR count). The lowest BCUT2D eigenvalue weighted by Gasteiger charge is -2.32. The normalized spacial score (nSPS) is 25.4. The van der Waals surface area contributed by atoms with Crippen LogP contribution in [0.5, 0.6) is 0 Å². The highest BCUT2D eigenvalue weighted by molar-refractivity contribution is 5.47. The van der Waals surface area contributed by atoms with Gasteiger partial charge >= 0.3 is 0 Å². The van der Waals surface area contributed by atoms with Crippen molar-refractivity contribution in [3.8, 4) is 0 Å². The summed E-state index contributed by atoms with van der Waals surface area (Å²) < 4.78 is 13.0. The van der Waals surface area contributed by atoms with Gasteiger partial charge in [0.1, 0.15) is 5.82 Å². The Balaban J connectivity index is 2.21. The van der Waals surface area contributed by atoms with Gasteiger partial charge in [-0.1, -0.05) is 0 Å². The van der Waals surface area contributed by atoms with Gasteiger partial charge in [-0.2, -0.15) is 0 Å². The zero-order valence-electron chi connectivity index (χ0n) is 11.7. The third-order valence-electron chi connectivity index (χ3n) is 4.10. The first-order valence-corrected chi connectivity index (χ1v) is 6.95. The van der Waals surface area contributed by atoms with E-state index < -0.39 is 0 Å². The number of hydrogen-bond acceptors (Lipinski definition) is 3. The summed E-state index contributed by atoms with van der Waals surface area (Å²) in [5, 5.41) is 9.27. The van der Waals surface area contributed by atoms with Gasteiger partial charge in [0.2, 0.25) is 0 Å². The van der Waals surface area contributed by atoms with E-state index >= 15 is 0 Å². The predicted molar refractivity (Wildman–Crippen MR) is 75.9 cm³/mol. The summed E-state index contributed by atoms with van der Waals surface area (Å²) in [5.41, 5.74) is 1.04. The molecule has 0 radical (unpaired) electrons. The van der Waals surface area contributed by atoms with Gasteiger partial charge in [0.05, 0.1) is 0 Å². The first kappa shape index (κ1) is 14.3. The Morgan fingerprint density at radius 3 is 2.63 bits per heavy atom. The number of aliphatic hydroxyl groups excluding tert-OH is 1. The summed E-state index contributed by atoms with van der Waals surface area (Å²) in [7, 11) is 2.13. The molecule has 1 aromatic rings. The van der Waals surface area contributed by atoms with Crippen LogP contribution < -0.4 is 4.90 Å². The van der Waals surface area contributed by atoms with Crippen LogP contribution in [0.2, 0.25) is 0 Å². The summed E-state index contributed by atoms with van der Waals surface area (Å²) in [6.07, 6.45) is 1.82. The number of halogens is 1. The number of hydrogen-bond donors (Lipinski definition) is 1. The molecule has 2 atom stereocenters. The summed E-state index contributed by atoms with van der Waals surface area (Å²) in [6.45, 7) is 4.29. The minimum absolute atomic E-state index is 0.185. The lowest BCUT2D eigenvalue weighted by atomic mass is 10.1. The van der Waals surface area contributed by atoms with Crippen LogP contribution in [0.4, 0.5) is 10.1 Å². The molecular weight excluding hydrogens is 243 g/mol. The highest BCUT2D eigenvalue weighted by Gasteiger charge is 2.26. The van der Waals surface area contributed by atoms with Crippen molar-refractivity contribution in [2.75, 3.05) is 31.6 Å². The van der Waals surface area contributed by atoms with E-state index in [9.17, 15) is 9.50 Å². The van der Waals surface area contributed by atoms with Crippen LogP contribution in [0.15, 0.2) is 24.3 Å². The molecule has 0 bridgehead atoms. The molecule has 2 unspecified atom stereocenters. The molecule has 0 spiro atoms. The number of likely N-dealkylation sites (N-methyl/N-ethyl adjacent to an activating group) is 1. The topological polar surface area (TPSA) is 26.7 Å². The Kier molecular flexibility index (Phi) is 4.77. The summed E-state index contributed by atoms with van der Waals surface area (Å²) >= 11 is 0. The van der Waals surface area contributed by atoms with Gasteiger partial charge in [-0.3, -0.25) is 0 Å².